The van der Waals surface area contributed by atoms with Crippen molar-refractivity contribution in [3.8, 4) is 11.1 Å². The molecule has 0 N–H and O–H groups in total. The highest BCUT2D eigenvalue weighted by Crippen LogP contribution is 2.42. The number of hydrogen-bond acceptors (Lipinski definition) is 1. The SMILES string of the molecule is Clc1cc(Cl)c(Cl)c(-c2cccnc2)c1Cl. The zero-order valence-corrected chi connectivity index (χ0v) is 10.9. The summed E-state index contributed by atoms with van der Waals surface area (Å²) in [5, 5.41) is 1.50. The lowest BCUT2D eigenvalue weighted by atomic mass is 10.1. The smallest absolute Gasteiger partial charge is 0.0687 e. The lowest BCUT2D eigenvalue weighted by molar-refractivity contribution is 1.33. The van der Waals surface area contributed by atoms with Gasteiger partial charge in [0, 0.05) is 23.5 Å². The molecule has 0 atom stereocenters. The molecule has 1 aromatic heterocycles. The number of aromatic nitrogens is 1. The van der Waals surface area contributed by atoms with E-state index in [2.05, 4.69) is 4.98 Å². The van der Waals surface area contributed by atoms with Crippen molar-refractivity contribution >= 4 is 46.4 Å². The average Bonchev–Trinajstić information content (AvgIpc) is 2.28. The number of rotatable bonds is 1. The van der Waals surface area contributed by atoms with E-state index in [1.54, 1.807) is 18.5 Å². The van der Waals surface area contributed by atoms with Gasteiger partial charge >= 0.3 is 0 Å². The third-order valence-corrected chi connectivity index (χ3v) is 3.64. The van der Waals surface area contributed by atoms with Crippen molar-refractivity contribution in [2.75, 3.05) is 0 Å². The highest BCUT2D eigenvalue weighted by atomic mass is 35.5. The Bertz CT molecular complexity index is 499. The molecule has 5 heteroatoms. The highest BCUT2D eigenvalue weighted by molar-refractivity contribution is 6.50. The number of halogens is 4. The largest absolute Gasteiger partial charge is 0.264 e. The maximum Gasteiger partial charge on any atom is 0.0687 e. The van der Waals surface area contributed by atoms with Crippen LogP contribution in [0.5, 0.6) is 0 Å². The lowest BCUT2D eigenvalue weighted by Gasteiger charge is -2.09. The Morgan fingerprint density at radius 2 is 1.56 bits per heavy atom. The standard InChI is InChI=1S/C11H5Cl4N/c12-7-4-8(13)11(15)9(10(7)14)6-2-1-3-16-5-6/h1-5H. The van der Waals surface area contributed by atoms with Gasteiger partial charge in [-0.1, -0.05) is 52.5 Å². The van der Waals surface area contributed by atoms with Crippen molar-refractivity contribution < 1.29 is 0 Å². The van der Waals surface area contributed by atoms with E-state index in [0.29, 0.717) is 25.7 Å². The van der Waals surface area contributed by atoms with Crippen molar-refractivity contribution in [3.63, 3.8) is 0 Å². The summed E-state index contributed by atoms with van der Waals surface area (Å²) in [6.07, 6.45) is 3.32. The minimum Gasteiger partial charge on any atom is -0.264 e. The maximum absolute atomic E-state index is 6.10. The second-order valence-corrected chi connectivity index (χ2v) is 4.66. The molecular weight excluding hydrogens is 288 g/mol. The molecular formula is C11H5Cl4N. The highest BCUT2D eigenvalue weighted by Gasteiger charge is 2.15. The molecule has 0 aliphatic heterocycles. The first-order chi connectivity index (χ1) is 7.61. The predicted octanol–water partition coefficient (Wildman–Crippen LogP) is 5.36. The Morgan fingerprint density at radius 3 is 2.06 bits per heavy atom. The molecule has 0 saturated heterocycles. The molecule has 16 heavy (non-hydrogen) atoms. The van der Waals surface area contributed by atoms with E-state index in [9.17, 15) is 0 Å². The maximum atomic E-state index is 6.10. The molecule has 0 bridgehead atoms. The molecule has 1 heterocycles. The normalized spacial score (nSPS) is 10.5. The Hall–Kier alpha value is -0.470. The molecule has 0 aliphatic carbocycles. The van der Waals surface area contributed by atoms with E-state index in [4.69, 9.17) is 46.4 Å². The summed E-state index contributed by atoms with van der Waals surface area (Å²) in [7, 11) is 0. The Morgan fingerprint density at radius 1 is 0.938 bits per heavy atom. The minimum absolute atomic E-state index is 0.370. The van der Waals surface area contributed by atoms with Gasteiger partial charge in [0.2, 0.25) is 0 Å². The summed E-state index contributed by atoms with van der Waals surface area (Å²) in [5.74, 6) is 0. The fourth-order valence-electron chi connectivity index (χ4n) is 1.34. The van der Waals surface area contributed by atoms with Gasteiger partial charge in [-0.05, 0) is 12.1 Å². The van der Waals surface area contributed by atoms with Gasteiger partial charge in [0.1, 0.15) is 0 Å². The van der Waals surface area contributed by atoms with Crippen LogP contribution in [0.3, 0.4) is 0 Å². The van der Waals surface area contributed by atoms with Crippen molar-refractivity contribution in [2.24, 2.45) is 0 Å². The van der Waals surface area contributed by atoms with E-state index in [1.165, 1.54) is 6.07 Å². The molecule has 82 valence electrons. The van der Waals surface area contributed by atoms with Gasteiger partial charge in [0.05, 0.1) is 20.1 Å². The van der Waals surface area contributed by atoms with Crippen LogP contribution in [0.2, 0.25) is 20.1 Å². The number of benzene rings is 1. The first-order valence-electron chi connectivity index (χ1n) is 4.34. The van der Waals surface area contributed by atoms with Gasteiger partial charge in [-0.3, -0.25) is 4.98 Å². The predicted molar refractivity (Wildman–Crippen MR) is 69.7 cm³/mol. The van der Waals surface area contributed by atoms with Gasteiger partial charge < -0.3 is 0 Å². The third-order valence-electron chi connectivity index (χ3n) is 2.06. The van der Waals surface area contributed by atoms with Crippen molar-refractivity contribution in [3.05, 3.63) is 50.7 Å². The summed E-state index contributed by atoms with van der Waals surface area (Å²) in [6, 6.07) is 5.15. The van der Waals surface area contributed by atoms with Crippen LogP contribution in [0, 0.1) is 0 Å². The van der Waals surface area contributed by atoms with Crippen LogP contribution < -0.4 is 0 Å². The Labute approximate surface area is 113 Å². The summed E-state index contributed by atoms with van der Waals surface area (Å²) < 4.78 is 0. The fourth-order valence-corrected chi connectivity index (χ4v) is 2.36. The van der Waals surface area contributed by atoms with Crippen LogP contribution in [0.1, 0.15) is 0 Å². The third kappa shape index (κ3) is 2.14. The molecule has 0 fully saturated rings. The summed E-state index contributed by atoms with van der Waals surface area (Å²) in [6.45, 7) is 0. The molecule has 0 spiro atoms. The lowest BCUT2D eigenvalue weighted by Crippen LogP contribution is -1.85. The first kappa shape index (κ1) is 12.0. The van der Waals surface area contributed by atoms with E-state index >= 15 is 0 Å². The number of nitrogens with zero attached hydrogens (tertiary/aromatic N) is 1. The van der Waals surface area contributed by atoms with Gasteiger partial charge in [-0.15, -0.1) is 0 Å². The van der Waals surface area contributed by atoms with Gasteiger partial charge in [-0.25, -0.2) is 0 Å². The van der Waals surface area contributed by atoms with E-state index < -0.39 is 0 Å². The first-order valence-corrected chi connectivity index (χ1v) is 5.86. The Kier molecular flexibility index (Phi) is 3.60. The van der Waals surface area contributed by atoms with Crippen molar-refractivity contribution in [1.82, 2.24) is 4.98 Å². The van der Waals surface area contributed by atoms with Crippen molar-refractivity contribution in [2.45, 2.75) is 0 Å². The molecule has 1 aromatic carbocycles. The van der Waals surface area contributed by atoms with Crippen LogP contribution in [-0.4, -0.2) is 4.98 Å². The number of hydrogen-bond donors (Lipinski definition) is 0. The molecule has 0 saturated carbocycles. The van der Waals surface area contributed by atoms with E-state index in [-0.39, 0.29) is 0 Å². The summed E-state index contributed by atoms with van der Waals surface area (Å²) in [4.78, 5) is 4.00. The van der Waals surface area contributed by atoms with Crippen LogP contribution in [0.15, 0.2) is 30.6 Å². The summed E-state index contributed by atoms with van der Waals surface area (Å²) >= 11 is 24.1. The number of pyridine rings is 1. The summed E-state index contributed by atoms with van der Waals surface area (Å²) in [5.41, 5.74) is 1.39. The van der Waals surface area contributed by atoms with Crippen LogP contribution >= 0.6 is 46.4 Å². The molecule has 0 aliphatic rings. The van der Waals surface area contributed by atoms with E-state index in [0.717, 1.165) is 5.56 Å². The minimum atomic E-state index is 0.370. The average molecular weight is 293 g/mol. The Balaban J connectivity index is 2.74. The topological polar surface area (TPSA) is 12.9 Å². The zero-order valence-electron chi connectivity index (χ0n) is 7.85. The van der Waals surface area contributed by atoms with Gasteiger partial charge in [0.25, 0.3) is 0 Å². The molecule has 0 radical (unpaired) electrons. The van der Waals surface area contributed by atoms with Crippen LogP contribution in [0.4, 0.5) is 0 Å². The second kappa shape index (κ2) is 4.80. The van der Waals surface area contributed by atoms with Crippen molar-refractivity contribution in [1.29, 1.82) is 0 Å². The van der Waals surface area contributed by atoms with Crippen LogP contribution in [-0.2, 0) is 0 Å². The van der Waals surface area contributed by atoms with E-state index in [1.807, 2.05) is 6.07 Å². The molecule has 0 amide bonds. The monoisotopic (exact) mass is 291 g/mol. The molecule has 2 rings (SSSR count). The molecule has 1 nitrogen and oxygen atoms in total. The molecule has 0 unspecified atom stereocenters. The second-order valence-electron chi connectivity index (χ2n) is 3.08. The van der Waals surface area contributed by atoms with Gasteiger partial charge in [0.15, 0.2) is 0 Å². The van der Waals surface area contributed by atoms with Gasteiger partial charge in [-0.2, -0.15) is 0 Å². The fraction of sp³-hybridized carbons (Fsp3) is 0. The quantitative estimate of drug-likeness (QED) is 0.645. The zero-order chi connectivity index (χ0) is 11.7. The molecule has 2 aromatic rings. The van der Waals surface area contributed by atoms with Crippen LogP contribution in [0.25, 0.3) is 11.1 Å².